The number of halogens is 2. The number of carbonyl (C=O) groups is 1. The molecule has 120 valence electrons. The molecule has 0 radical (unpaired) electrons. The van der Waals surface area contributed by atoms with Gasteiger partial charge in [-0.2, -0.15) is 8.78 Å². The Morgan fingerprint density at radius 2 is 1.95 bits per heavy atom. The highest BCUT2D eigenvalue weighted by atomic mass is 19.3. The quantitative estimate of drug-likeness (QED) is 0.822. The molecule has 1 aliphatic rings. The largest absolute Gasteiger partial charge is 0.434 e. The van der Waals surface area contributed by atoms with Gasteiger partial charge in [0.15, 0.2) is 0 Å². The van der Waals surface area contributed by atoms with E-state index in [2.05, 4.69) is 10.1 Å². The van der Waals surface area contributed by atoms with E-state index >= 15 is 0 Å². The number of hydrogen-bond donors (Lipinski definition) is 2. The molecule has 2 rings (SSSR count). The summed E-state index contributed by atoms with van der Waals surface area (Å²) in [5.41, 5.74) is 0.414. The van der Waals surface area contributed by atoms with Crippen LogP contribution < -0.4 is 10.1 Å². The normalized spacial score (nSPS) is 22.0. The lowest BCUT2D eigenvalue weighted by Gasteiger charge is -2.25. The third kappa shape index (κ3) is 5.11. The summed E-state index contributed by atoms with van der Waals surface area (Å²) >= 11 is 0. The van der Waals surface area contributed by atoms with Crippen molar-refractivity contribution in [2.24, 2.45) is 0 Å². The van der Waals surface area contributed by atoms with Gasteiger partial charge in [-0.1, -0.05) is 18.2 Å². The number of hydrogen-bond acceptors (Lipinski definition) is 3. The van der Waals surface area contributed by atoms with Crippen LogP contribution in [0.4, 0.5) is 8.78 Å². The van der Waals surface area contributed by atoms with Gasteiger partial charge in [0.1, 0.15) is 5.75 Å². The van der Waals surface area contributed by atoms with Gasteiger partial charge in [0.2, 0.25) is 5.91 Å². The van der Waals surface area contributed by atoms with Crippen LogP contribution in [-0.4, -0.2) is 29.8 Å². The molecule has 0 unspecified atom stereocenters. The number of alkyl halides is 2. The van der Waals surface area contributed by atoms with Crippen molar-refractivity contribution >= 4 is 12.0 Å². The lowest BCUT2D eigenvalue weighted by molar-refractivity contribution is -0.117. The highest BCUT2D eigenvalue weighted by Gasteiger charge is 2.19. The molecule has 0 saturated heterocycles. The van der Waals surface area contributed by atoms with Crippen molar-refractivity contribution in [3.8, 4) is 5.75 Å². The second-order valence-corrected chi connectivity index (χ2v) is 5.26. The van der Waals surface area contributed by atoms with Gasteiger partial charge in [-0.05, 0) is 37.8 Å². The molecule has 1 aromatic carbocycles. The van der Waals surface area contributed by atoms with Crippen molar-refractivity contribution in [2.75, 3.05) is 0 Å². The summed E-state index contributed by atoms with van der Waals surface area (Å²) in [6.07, 6.45) is 5.32. The van der Waals surface area contributed by atoms with Crippen LogP contribution in [-0.2, 0) is 4.79 Å². The fraction of sp³-hybridized carbons (Fsp3) is 0.438. The van der Waals surface area contributed by atoms with Crippen molar-refractivity contribution in [3.63, 3.8) is 0 Å². The molecule has 0 spiro atoms. The molecule has 1 aliphatic carbocycles. The van der Waals surface area contributed by atoms with Crippen LogP contribution in [0.1, 0.15) is 31.2 Å². The number of aliphatic hydroxyl groups excluding tert-OH is 1. The van der Waals surface area contributed by atoms with Crippen LogP contribution in [0.2, 0.25) is 0 Å². The minimum absolute atomic E-state index is 0.0299. The summed E-state index contributed by atoms with van der Waals surface area (Å²) < 4.78 is 29.0. The molecule has 0 aromatic heterocycles. The molecular weight excluding hydrogens is 292 g/mol. The summed E-state index contributed by atoms with van der Waals surface area (Å²) in [4.78, 5) is 11.9. The average molecular weight is 311 g/mol. The Morgan fingerprint density at radius 1 is 1.27 bits per heavy atom. The maximum absolute atomic E-state index is 12.3. The average Bonchev–Trinajstić information content (AvgIpc) is 2.48. The highest BCUT2D eigenvalue weighted by Crippen LogP contribution is 2.22. The first-order valence-electron chi connectivity index (χ1n) is 7.25. The van der Waals surface area contributed by atoms with Crippen molar-refractivity contribution in [3.05, 3.63) is 35.9 Å². The van der Waals surface area contributed by atoms with E-state index in [0.717, 1.165) is 12.8 Å². The van der Waals surface area contributed by atoms with Crippen LogP contribution in [0.25, 0.3) is 6.08 Å². The van der Waals surface area contributed by atoms with Crippen LogP contribution in [0.5, 0.6) is 5.75 Å². The number of aliphatic hydroxyl groups is 1. The van der Waals surface area contributed by atoms with Gasteiger partial charge in [-0.3, -0.25) is 4.79 Å². The monoisotopic (exact) mass is 311 g/mol. The van der Waals surface area contributed by atoms with Crippen LogP contribution >= 0.6 is 0 Å². The molecule has 1 aromatic rings. The molecule has 0 bridgehead atoms. The van der Waals surface area contributed by atoms with Crippen LogP contribution in [0.15, 0.2) is 30.3 Å². The summed E-state index contributed by atoms with van der Waals surface area (Å²) in [5.74, 6) is -0.254. The number of nitrogens with one attached hydrogen (secondary N) is 1. The fourth-order valence-electron chi connectivity index (χ4n) is 2.46. The van der Waals surface area contributed by atoms with Crippen molar-refractivity contribution in [2.45, 2.75) is 44.4 Å². The second kappa shape index (κ2) is 7.89. The molecular formula is C16H19F2NO3. The molecule has 22 heavy (non-hydrogen) atoms. The molecule has 6 heteroatoms. The van der Waals surface area contributed by atoms with Gasteiger partial charge in [-0.25, -0.2) is 0 Å². The van der Waals surface area contributed by atoms with E-state index in [1.165, 1.54) is 18.2 Å². The number of amides is 1. The van der Waals surface area contributed by atoms with Gasteiger partial charge >= 0.3 is 6.61 Å². The Labute approximate surface area is 127 Å². The molecule has 1 fully saturated rings. The maximum atomic E-state index is 12.3. The summed E-state index contributed by atoms with van der Waals surface area (Å²) in [5, 5.41) is 12.3. The molecule has 0 heterocycles. The minimum Gasteiger partial charge on any atom is -0.434 e. The first-order valence-corrected chi connectivity index (χ1v) is 7.25. The lowest BCUT2D eigenvalue weighted by atomic mass is 9.93. The van der Waals surface area contributed by atoms with E-state index < -0.39 is 6.61 Å². The van der Waals surface area contributed by atoms with E-state index in [4.69, 9.17) is 0 Å². The molecule has 4 nitrogen and oxygen atoms in total. The molecule has 0 atom stereocenters. The Hall–Kier alpha value is -1.95. The van der Waals surface area contributed by atoms with Crippen LogP contribution in [0, 0.1) is 0 Å². The van der Waals surface area contributed by atoms with Crippen molar-refractivity contribution < 1.29 is 23.4 Å². The first-order chi connectivity index (χ1) is 10.5. The SMILES string of the molecule is O=C(/C=C/c1ccccc1OC(F)F)NC1CCC(O)CC1. The second-order valence-electron chi connectivity index (χ2n) is 5.26. The number of carbonyl (C=O) groups excluding carboxylic acids is 1. The minimum atomic E-state index is -2.91. The zero-order chi connectivity index (χ0) is 15.9. The molecule has 0 aliphatic heterocycles. The first kappa shape index (κ1) is 16.4. The predicted octanol–water partition coefficient (Wildman–Crippen LogP) is 2.72. The Balaban J connectivity index is 1.92. The van der Waals surface area contributed by atoms with Gasteiger partial charge in [0, 0.05) is 17.7 Å². The third-order valence-corrected chi connectivity index (χ3v) is 3.59. The Bertz CT molecular complexity index is 526. The Kier molecular flexibility index (Phi) is 5.89. The topological polar surface area (TPSA) is 58.6 Å². The zero-order valence-corrected chi connectivity index (χ0v) is 12.0. The summed E-state index contributed by atoms with van der Waals surface area (Å²) in [6.45, 7) is -2.91. The smallest absolute Gasteiger partial charge is 0.387 e. The molecule has 1 saturated carbocycles. The van der Waals surface area contributed by atoms with E-state index in [1.54, 1.807) is 18.2 Å². The zero-order valence-electron chi connectivity index (χ0n) is 12.0. The van der Waals surface area contributed by atoms with E-state index in [1.807, 2.05) is 0 Å². The molecule has 2 N–H and O–H groups in total. The van der Waals surface area contributed by atoms with Gasteiger partial charge < -0.3 is 15.2 Å². The predicted molar refractivity (Wildman–Crippen MR) is 78.5 cm³/mol. The number of ether oxygens (including phenoxy) is 1. The lowest BCUT2D eigenvalue weighted by Crippen LogP contribution is -2.37. The number of rotatable bonds is 5. The van der Waals surface area contributed by atoms with E-state index in [-0.39, 0.29) is 23.8 Å². The van der Waals surface area contributed by atoms with Gasteiger partial charge in [0.05, 0.1) is 6.10 Å². The summed E-state index contributed by atoms with van der Waals surface area (Å²) in [6, 6.07) is 6.33. The summed E-state index contributed by atoms with van der Waals surface area (Å²) in [7, 11) is 0. The van der Waals surface area contributed by atoms with E-state index in [0.29, 0.717) is 18.4 Å². The van der Waals surface area contributed by atoms with Crippen molar-refractivity contribution in [1.82, 2.24) is 5.32 Å². The fourth-order valence-corrected chi connectivity index (χ4v) is 2.46. The standard InChI is InChI=1S/C16H19F2NO3/c17-16(18)22-14-4-2-1-3-11(14)5-10-15(21)19-12-6-8-13(20)9-7-12/h1-5,10,12-13,16,20H,6-9H2,(H,19,21)/b10-5+. The maximum Gasteiger partial charge on any atom is 0.387 e. The van der Waals surface area contributed by atoms with Gasteiger partial charge in [0.25, 0.3) is 0 Å². The Morgan fingerprint density at radius 3 is 2.64 bits per heavy atom. The van der Waals surface area contributed by atoms with E-state index in [9.17, 15) is 18.7 Å². The van der Waals surface area contributed by atoms with Crippen molar-refractivity contribution in [1.29, 1.82) is 0 Å². The van der Waals surface area contributed by atoms with Gasteiger partial charge in [-0.15, -0.1) is 0 Å². The number of para-hydroxylation sites is 1. The molecule has 1 amide bonds. The third-order valence-electron chi connectivity index (χ3n) is 3.59. The number of benzene rings is 1. The van der Waals surface area contributed by atoms with Crippen LogP contribution in [0.3, 0.4) is 0 Å². The highest BCUT2D eigenvalue weighted by molar-refractivity contribution is 5.92.